The number of hydrogen-bond donors (Lipinski definition) is 1. The molecular formula is C11H14ClNO. The van der Waals surface area contributed by atoms with E-state index in [1.165, 1.54) is 0 Å². The van der Waals surface area contributed by atoms with Crippen molar-refractivity contribution in [3.63, 3.8) is 0 Å². The van der Waals surface area contributed by atoms with E-state index in [0.29, 0.717) is 6.04 Å². The van der Waals surface area contributed by atoms with Crippen molar-refractivity contribution in [3.05, 3.63) is 28.8 Å². The lowest BCUT2D eigenvalue weighted by Crippen LogP contribution is -2.29. The predicted molar refractivity (Wildman–Crippen MR) is 58.0 cm³/mol. The van der Waals surface area contributed by atoms with E-state index in [9.17, 15) is 0 Å². The van der Waals surface area contributed by atoms with Gasteiger partial charge < -0.3 is 10.1 Å². The molecular weight excluding hydrogens is 198 g/mol. The van der Waals surface area contributed by atoms with E-state index in [2.05, 4.69) is 12.2 Å². The highest BCUT2D eigenvalue weighted by atomic mass is 35.5. The third kappa shape index (κ3) is 1.72. The molecule has 1 aromatic rings. The molecule has 0 saturated heterocycles. The lowest BCUT2D eigenvalue weighted by Gasteiger charge is -2.30. The van der Waals surface area contributed by atoms with Crippen LogP contribution in [0.1, 0.15) is 24.9 Å². The number of ether oxygens (including phenoxy) is 1. The molecule has 76 valence electrons. The molecule has 0 spiro atoms. The Morgan fingerprint density at radius 3 is 3.00 bits per heavy atom. The SMILES string of the molecule is CNC1CC(C)Oc2ccc(Cl)cc21. The second kappa shape index (κ2) is 3.79. The highest BCUT2D eigenvalue weighted by molar-refractivity contribution is 6.30. The summed E-state index contributed by atoms with van der Waals surface area (Å²) in [6.45, 7) is 2.09. The van der Waals surface area contributed by atoms with Crippen LogP contribution in [0.5, 0.6) is 5.75 Å². The van der Waals surface area contributed by atoms with Gasteiger partial charge in [0.2, 0.25) is 0 Å². The third-order valence-electron chi connectivity index (χ3n) is 2.59. The summed E-state index contributed by atoms with van der Waals surface area (Å²) in [5, 5.41) is 4.04. The molecule has 2 atom stereocenters. The highest BCUT2D eigenvalue weighted by Crippen LogP contribution is 2.35. The zero-order chi connectivity index (χ0) is 10.1. The summed E-state index contributed by atoms with van der Waals surface area (Å²) in [6.07, 6.45) is 1.25. The van der Waals surface area contributed by atoms with E-state index in [-0.39, 0.29) is 6.10 Å². The van der Waals surface area contributed by atoms with Gasteiger partial charge in [0.05, 0.1) is 6.10 Å². The lowest BCUT2D eigenvalue weighted by molar-refractivity contribution is 0.169. The van der Waals surface area contributed by atoms with Gasteiger partial charge in [-0.05, 0) is 32.2 Å². The number of rotatable bonds is 1. The fourth-order valence-electron chi connectivity index (χ4n) is 1.90. The summed E-state index contributed by atoms with van der Waals surface area (Å²) in [7, 11) is 1.97. The molecule has 0 fully saturated rings. The van der Waals surface area contributed by atoms with Gasteiger partial charge in [-0.1, -0.05) is 11.6 Å². The lowest BCUT2D eigenvalue weighted by atomic mass is 9.97. The highest BCUT2D eigenvalue weighted by Gasteiger charge is 2.24. The Bertz CT molecular complexity index is 340. The number of hydrogen-bond acceptors (Lipinski definition) is 2. The van der Waals surface area contributed by atoms with Crippen molar-refractivity contribution < 1.29 is 4.74 Å². The van der Waals surface area contributed by atoms with Gasteiger partial charge in [0, 0.05) is 23.0 Å². The normalized spacial score (nSPS) is 25.4. The maximum absolute atomic E-state index is 5.95. The smallest absolute Gasteiger partial charge is 0.124 e. The summed E-state index contributed by atoms with van der Waals surface area (Å²) in [6, 6.07) is 6.14. The first-order valence-corrected chi connectivity index (χ1v) is 5.22. The molecule has 1 aromatic carbocycles. The van der Waals surface area contributed by atoms with Crippen LogP contribution < -0.4 is 10.1 Å². The fraction of sp³-hybridized carbons (Fsp3) is 0.455. The van der Waals surface area contributed by atoms with Gasteiger partial charge in [0.15, 0.2) is 0 Å². The minimum absolute atomic E-state index is 0.265. The second-order valence-corrected chi connectivity index (χ2v) is 4.12. The van der Waals surface area contributed by atoms with Gasteiger partial charge in [-0.2, -0.15) is 0 Å². The third-order valence-corrected chi connectivity index (χ3v) is 2.83. The average molecular weight is 212 g/mol. The van der Waals surface area contributed by atoms with Crippen LogP contribution in [0.15, 0.2) is 18.2 Å². The van der Waals surface area contributed by atoms with E-state index in [1.54, 1.807) is 0 Å². The standard InChI is InChI=1S/C11H14ClNO/c1-7-5-10(13-2)9-6-8(12)3-4-11(9)14-7/h3-4,6-7,10,13H,5H2,1-2H3. The van der Waals surface area contributed by atoms with E-state index >= 15 is 0 Å². The first-order chi connectivity index (χ1) is 6.70. The van der Waals surface area contributed by atoms with Crippen LogP contribution in [-0.2, 0) is 0 Å². The topological polar surface area (TPSA) is 21.3 Å². The van der Waals surface area contributed by atoms with Crippen molar-refractivity contribution in [2.24, 2.45) is 0 Å². The summed E-state index contributed by atoms with van der Waals surface area (Å²) in [5.41, 5.74) is 1.16. The summed E-state index contributed by atoms with van der Waals surface area (Å²) < 4.78 is 5.72. The average Bonchev–Trinajstić information content (AvgIpc) is 2.17. The Labute approximate surface area is 89.2 Å². The van der Waals surface area contributed by atoms with Crippen LogP contribution in [-0.4, -0.2) is 13.2 Å². The summed E-state index contributed by atoms with van der Waals surface area (Å²) in [5.74, 6) is 0.951. The number of benzene rings is 1. The van der Waals surface area contributed by atoms with E-state index < -0.39 is 0 Å². The van der Waals surface area contributed by atoms with Gasteiger partial charge in [-0.3, -0.25) is 0 Å². The van der Waals surface area contributed by atoms with Crippen molar-refractivity contribution in [1.29, 1.82) is 0 Å². The van der Waals surface area contributed by atoms with Gasteiger partial charge in [0.25, 0.3) is 0 Å². The Balaban J connectivity index is 2.41. The largest absolute Gasteiger partial charge is 0.490 e. The zero-order valence-corrected chi connectivity index (χ0v) is 9.14. The molecule has 0 bridgehead atoms. The Hall–Kier alpha value is -0.730. The van der Waals surface area contributed by atoms with Crippen LogP contribution in [0.3, 0.4) is 0 Å². The molecule has 1 aliphatic rings. The zero-order valence-electron chi connectivity index (χ0n) is 8.38. The van der Waals surface area contributed by atoms with Crippen molar-refractivity contribution in [2.45, 2.75) is 25.5 Å². The monoisotopic (exact) mass is 211 g/mol. The maximum atomic E-state index is 5.95. The number of nitrogens with one attached hydrogen (secondary N) is 1. The molecule has 0 aliphatic carbocycles. The first-order valence-electron chi connectivity index (χ1n) is 4.84. The molecule has 3 heteroatoms. The molecule has 2 rings (SSSR count). The van der Waals surface area contributed by atoms with Crippen molar-refractivity contribution in [3.8, 4) is 5.75 Å². The van der Waals surface area contributed by atoms with Crippen LogP contribution in [0.2, 0.25) is 5.02 Å². The molecule has 0 aromatic heterocycles. The van der Waals surface area contributed by atoms with Crippen molar-refractivity contribution in [1.82, 2.24) is 5.32 Å². The molecule has 1 N–H and O–H groups in total. The van der Waals surface area contributed by atoms with Gasteiger partial charge >= 0.3 is 0 Å². The van der Waals surface area contributed by atoms with Gasteiger partial charge in [-0.15, -0.1) is 0 Å². The molecule has 1 aliphatic heterocycles. The Morgan fingerprint density at radius 2 is 2.29 bits per heavy atom. The Kier molecular flexibility index (Phi) is 2.66. The minimum atomic E-state index is 0.265. The van der Waals surface area contributed by atoms with Crippen LogP contribution in [0.25, 0.3) is 0 Å². The van der Waals surface area contributed by atoms with Crippen LogP contribution >= 0.6 is 11.6 Å². The second-order valence-electron chi connectivity index (χ2n) is 3.69. The van der Waals surface area contributed by atoms with Crippen LogP contribution in [0.4, 0.5) is 0 Å². The molecule has 0 amide bonds. The van der Waals surface area contributed by atoms with Gasteiger partial charge in [0.1, 0.15) is 5.75 Å². The fourth-order valence-corrected chi connectivity index (χ4v) is 2.08. The van der Waals surface area contributed by atoms with E-state index in [1.807, 2.05) is 25.2 Å². The minimum Gasteiger partial charge on any atom is -0.490 e. The molecule has 0 radical (unpaired) electrons. The predicted octanol–water partition coefficient (Wildman–Crippen LogP) is 2.77. The molecule has 1 heterocycles. The molecule has 2 unspecified atom stereocenters. The Morgan fingerprint density at radius 1 is 1.50 bits per heavy atom. The number of halogens is 1. The van der Waals surface area contributed by atoms with E-state index in [0.717, 1.165) is 22.8 Å². The van der Waals surface area contributed by atoms with Crippen molar-refractivity contribution >= 4 is 11.6 Å². The first kappa shape index (κ1) is 9.81. The molecule has 2 nitrogen and oxygen atoms in total. The molecule has 0 saturated carbocycles. The van der Waals surface area contributed by atoms with Gasteiger partial charge in [-0.25, -0.2) is 0 Å². The quantitative estimate of drug-likeness (QED) is 0.772. The summed E-state index contributed by atoms with van der Waals surface area (Å²) in [4.78, 5) is 0. The van der Waals surface area contributed by atoms with Crippen LogP contribution in [0, 0.1) is 0 Å². The summed E-state index contributed by atoms with van der Waals surface area (Å²) >= 11 is 5.95. The maximum Gasteiger partial charge on any atom is 0.124 e. The van der Waals surface area contributed by atoms with Crippen molar-refractivity contribution in [2.75, 3.05) is 7.05 Å². The number of fused-ring (bicyclic) bond motifs is 1. The van der Waals surface area contributed by atoms with E-state index in [4.69, 9.17) is 16.3 Å². The molecule has 14 heavy (non-hydrogen) atoms.